The fourth-order valence-corrected chi connectivity index (χ4v) is 4.99. The Morgan fingerprint density at radius 1 is 1.33 bits per heavy atom. The van der Waals surface area contributed by atoms with Crippen LogP contribution in [0.1, 0.15) is 50.8 Å². The van der Waals surface area contributed by atoms with Crippen molar-refractivity contribution in [2.75, 3.05) is 33.3 Å². The molecular formula is C20H28ClN3O3. The number of carbonyl (C=O) groups excluding carboxylic acids is 1. The number of likely N-dealkylation sites (tertiary alicyclic amines) is 2. The van der Waals surface area contributed by atoms with Crippen molar-refractivity contribution < 1.29 is 14.3 Å². The van der Waals surface area contributed by atoms with Crippen LogP contribution in [0, 0.1) is 5.41 Å². The van der Waals surface area contributed by atoms with Gasteiger partial charge in [0.05, 0.1) is 7.11 Å². The quantitative estimate of drug-likeness (QED) is 0.717. The number of aromatic nitrogens is 1. The lowest BCUT2D eigenvalue weighted by Gasteiger charge is -2.48. The monoisotopic (exact) mass is 393 g/mol. The molecule has 1 aromatic rings. The molecule has 7 heteroatoms. The van der Waals surface area contributed by atoms with E-state index in [1.807, 2.05) is 31.7 Å². The van der Waals surface area contributed by atoms with Crippen molar-refractivity contribution in [3.05, 3.63) is 22.3 Å². The Balaban J connectivity index is 1.42. The minimum atomic E-state index is -0.445. The predicted molar refractivity (Wildman–Crippen MR) is 103 cm³/mol. The second-order valence-electron chi connectivity index (χ2n) is 9.14. The predicted octanol–water partition coefficient (Wildman–Crippen LogP) is 3.67. The number of fused-ring (bicyclic) bond motifs is 1. The number of hydrogen-bond acceptors (Lipinski definition) is 5. The molecule has 148 valence electrons. The Bertz CT molecular complexity index is 756. The molecular weight excluding hydrogens is 366 g/mol. The summed E-state index contributed by atoms with van der Waals surface area (Å²) in [6.45, 7) is 9.33. The fraction of sp³-hybridized carbons (Fsp3) is 0.700. The number of aryl methyl sites for hydroxylation is 1. The van der Waals surface area contributed by atoms with Gasteiger partial charge in [-0.1, -0.05) is 11.6 Å². The molecule has 4 rings (SSSR count). The molecule has 0 N–H and O–H groups in total. The molecule has 1 amide bonds. The smallest absolute Gasteiger partial charge is 0.410 e. The average molecular weight is 394 g/mol. The minimum absolute atomic E-state index is 0.196. The molecule has 1 atom stereocenters. The van der Waals surface area contributed by atoms with Crippen molar-refractivity contribution in [3.8, 4) is 5.88 Å². The first-order chi connectivity index (χ1) is 12.7. The van der Waals surface area contributed by atoms with E-state index in [1.54, 1.807) is 7.11 Å². The van der Waals surface area contributed by atoms with Gasteiger partial charge in [0.25, 0.3) is 0 Å². The first-order valence-corrected chi connectivity index (χ1v) is 10.0. The van der Waals surface area contributed by atoms with E-state index in [9.17, 15) is 4.79 Å². The zero-order chi connectivity index (χ0) is 19.4. The fourth-order valence-electron chi connectivity index (χ4n) is 4.78. The van der Waals surface area contributed by atoms with Gasteiger partial charge in [-0.05, 0) is 58.2 Å². The largest absolute Gasteiger partial charge is 0.481 e. The van der Waals surface area contributed by atoms with Gasteiger partial charge in [0.15, 0.2) is 0 Å². The van der Waals surface area contributed by atoms with Gasteiger partial charge in [0.2, 0.25) is 5.88 Å². The van der Waals surface area contributed by atoms with Crippen LogP contribution in [-0.2, 0) is 11.2 Å². The van der Waals surface area contributed by atoms with Gasteiger partial charge in [-0.3, -0.25) is 4.90 Å². The van der Waals surface area contributed by atoms with Crippen LogP contribution in [0.3, 0.4) is 0 Å². The maximum Gasteiger partial charge on any atom is 0.410 e. The van der Waals surface area contributed by atoms with Crippen LogP contribution in [0.15, 0.2) is 6.07 Å². The molecule has 6 nitrogen and oxygen atoms in total. The third-order valence-electron chi connectivity index (χ3n) is 5.90. The number of rotatable bonds is 2. The van der Waals surface area contributed by atoms with Crippen LogP contribution in [-0.4, -0.2) is 59.8 Å². The van der Waals surface area contributed by atoms with Gasteiger partial charge < -0.3 is 14.4 Å². The summed E-state index contributed by atoms with van der Waals surface area (Å²) in [6.07, 6.45) is 2.99. The van der Waals surface area contributed by atoms with Crippen molar-refractivity contribution in [3.63, 3.8) is 0 Å². The topological polar surface area (TPSA) is 54.9 Å². The van der Waals surface area contributed by atoms with Crippen LogP contribution in [0.4, 0.5) is 4.79 Å². The molecule has 2 aliphatic heterocycles. The second-order valence-corrected chi connectivity index (χ2v) is 9.53. The molecule has 2 fully saturated rings. The van der Waals surface area contributed by atoms with Crippen molar-refractivity contribution >= 4 is 17.7 Å². The summed E-state index contributed by atoms with van der Waals surface area (Å²) in [5, 5.41) is 0.496. The number of hydrogen-bond donors (Lipinski definition) is 0. The summed E-state index contributed by atoms with van der Waals surface area (Å²) in [4.78, 5) is 21.0. The number of ether oxygens (including phenoxy) is 2. The Kier molecular flexibility index (Phi) is 4.54. The van der Waals surface area contributed by atoms with Gasteiger partial charge in [-0.25, -0.2) is 9.78 Å². The van der Waals surface area contributed by atoms with Crippen LogP contribution in [0.25, 0.3) is 0 Å². The Hall–Kier alpha value is -1.53. The third-order valence-corrected chi connectivity index (χ3v) is 6.10. The molecule has 1 aliphatic carbocycles. The van der Waals surface area contributed by atoms with Crippen LogP contribution < -0.4 is 4.74 Å². The average Bonchev–Trinajstić information content (AvgIpc) is 3.14. The standard InChI is InChI=1S/C20H28ClN3O3/c1-19(2,3)27-18(25)24-11-20(12-24)7-8-23(10-20)14-6-5-13-9-15(21)22-17(26-4)16(13)14/h9,14H,5-8,10-12H2,1-4H3. The van der Waals surface area contributed by atoms with Gasteiger partial charge in [-0.15, -0.1) is 0 Å². The first-order valence-electron chi connectivity index (χ1n) is 9.65. The van der Waals surface area contributed by atoms with E-state index in [-0.39, 0.29) is 11.5 Å². The van der Waals surface area contributed by atoms with E-state index in [0.717, 1.165) is 45.4 Å². The zero-order valence-electron chi connectivity index (χ0n) is 16.5. The summed E-state index contributed by atoms with van der Waals surface area (Å²) in [7, 11) is 1.66. The molecule has 3 aliphatic rings. The molecule has 27 heavy (non-hydrogen) atoms. The molecule has 3 heterocycles. The lowest BCUT2D eigenvalue weighted by molar-refractivity contribution is -0.0317. The van der Waals surface area contributed by atoms with Gasteiger partial charge in [0.1, 0.15) is 10.8 Å². The van der Waals surface area contributed by atoms with E-state index < -0.39 is 5.60 Å². The molecule has 1 unspecified atom stereocenters. The summed E-state index contributed by atoms with van der Waals surface area (Å²) in [5.74, 6) is 0.657. The highest BCUT2D eigenvalue weighted by atomic mass is 35.5. The minimum Gasteiger partial charge on any atom is -0.481 e. The molecule has 0 saturated carbocycles. The molecule has 0 radical (unpaired) electrons. The van der Waals surface area contributed by atoms with Crippen molar-refractivity contribution in [2.45, 2.75) is 51.7 Å². The normalized spacial score (nSPS) is 24.0. The molecule has 0 bridgehead atoms. The van der Waals surface area contributed by atoms with Crippen molar-refractivity contribution in [1.29, 1.82) is 0 Å². The highest BCUT2D eigenvalue weighted by molar-refractivity contribution is 6.29. The number of nitrogens with zero attached hydrogens (tertiary/aromatic N) is 3. The number of pyridine rings is 1. The van der Waals surface area contributed by atoms with E-state index >= 15 is 0 Å². The van der Waals surface area contributed by atoms with E-state index in [4.69, 9.17) is 21.1 Å². The summed E-state index contributed by atoms with van der Waals surface area (Å²) in [6, 6.07) is 2.30. The number of carbonyl (C=O) groups is 1. The Labute approximate surface area is 165 Å². The van der Waals surface area contributed by atoms with E-state index in [0.29, 0.717) is 17.1 Å². The number of methoxy groups -OCH3 is 1. The number of halogens is 1. The van der Waals surface area contributed by atoms with Gasteiger partial charge in [-0.2, -0.15) is 0 Å². The van der Waals surface area contributed by atoms with Crippen LogP contribution in [0.2, 0.25) is 5.15 Å². The van der Waals surface area contributed by atoms with Gasteiger partial charge >= 0.3 is 6.09 Å². The maximum atomic E-state index is 12.3. The van der Waals surface area contributed by atoms with Crippen LogP contribution >= 0.6 is 11.6 Å². The maximum absolute atomic E-state index is 12.3. The SMILES string of the molecule is COc1nc(Cl)cc2c1C(N1CCC3(CN(C(=O)OC(C)(C)C)C3)C1)CC2. The molecule has 1 spiro atoms. The van der Waals surface area contributed by atoms with Crippen molar-refractivity contribution in [1.82, 2.24) is 14.8 Å². The van der Waals surface area contributed by atoms with Crippen LogP contribution in [0.5, 0.6) is 5.88 Å². The van der Waals surface area contributed by atoms with E-state index in [2.05, 4.69) is 9.88 Å². The summed E-state index contributed by atoms with van der Waals surface area (Å²) in [5.41, 5.74) is 2.20. The molecule has 1 aromatic heterocycles. The first kappa shape index (κ1) is 18.8. The summed E-state index contributed by atoms with van der Waals surface area (Å²) >= 11 is 6.13. The molecule has 2 saturated heterocycles. The summed E-state index contributed by atoms with van der Waals surface area (Å²) < 4.78 is 11.0. The third kappa shape index (κ3) is 3.49. The lowest BCUT2D eigenvalue weighted by Crippen LogP contribution is -2.60. The second kappa shape index (κ2) is 6.52. The molecule has 0 aromatic carbocycles. The Morgan fingerprint density at radius 2 is 2.07 bits per heavy atom. The lowest BCUT2D eigenvalue weighted by atomic mass is 9.79. The van der Waals surface area contributed by atoms with Crippen molar-refractivity contribution in [2.24, 2.45) is 5.41 Å². The van der Waals surface area contributed by atoms with Gasteiger partial charge in [0, 0.05) is 36.7 Å². The van der Waals surface area contributed by atoms with E-state index in [1.165, 1.54) is 11.1 Å². The Morgan fingerprint density at radius 3 is 2.74 bits per heavy atom. The zero-order valence-corrected chi connectivity index (χ0v) is 17.3. The highest BCUT2D eigenvalue weighted by Gasteiger charge is 2.52. The highest BCUT2D eigenvalue weighted by Crippen LogP contribution is 2.48. The number of amides is 1.